The quantitative estimate of drug-likeness (QED) is 0.899. The van der Waals surface area contributed by atoms with E-state index in [1.54, 1.807) is 6.20 Å². The zero-order valence-electron chi connectivity index (χ0n) is 11.7. The molecular formula is C15H19N5. The molecule has 0 radical (unpaired) electrons. The summed E-state index contributed by atoms with van der Waals surface area (Å²) in [6.07, 6.45) is 1.71. The maximum Gasteiger partial charge on any atom is 0.221 e. The molecule has 1 aliphatic rings. The second-order valence-corrected chi connectivity index (χ2v) is 5.09. The van der Waals surface area contributed by atoms with Crippen molar-refractivity contribution in [3.63, 3.8) is 0 Å². The molecule has 1 aliphatic heterocycles. The van der Waals surface area contributed by atoms with E-state index in [2.05, 4.69) is 51.0 Å². The third kappa shape index (κ3) is 2.66. The van der Waals surface area contributed by atoms with Gasteiger partial charge < -0.3 is 15.5 Å². The molecule has 1 saturated heterocycles. The number of nitrogens with two attached hydrogens (primary N) is 1. The first kappa shape index (κ1) is 12.7. The lowest BCUT2D eigenvalue weighted by molar-refractivity contribution is 0.647. The summed E-state index contributed by atoms with van der Waals surface area (Å²) in [5, 5.41) is 0. The fourth-order valence-corrected chi connectivity index (χ4v) is 2.56. The molecule has 3 rings (SSSR count). The number of hydrogen-bond donors (Lipinski definition) is 1. The number of rotatable bonds is 2. The predicted molar refractivity (Wildman–Crippen MR) is 82.0 cm³/mol. The first-order valence-corrected chi connectivity index (χ1v) is 6.87. The van der Waals surface area contributed by atoms with Gasteiger partial charge in [0.15, 0.2) is 0 Å². The van der Waals surface area contributed by atoms with E-state index in [1.807, 2.05) is 6.07 Å². The first-order valence-electron chi connectivity index (χ1n) is 6.87. The molecule has 0 atom stereocenters. The number of aromatic nitrogens is 2. The lowest BCUT2D eigenvalue weighted by Gasteiger charge is -2.36. The minimum Gasteiger partial charge on any atom is -0.368 e. The normalized spacial score (nSPS) is 15.4. The zero-order chi connectivity index (χ0) is 13.9. The number of aryl methyl sites for hydroxylation is 1. The Bertz CT molecular complexity index is 537. The van der Waals surface area contributed by atoms with Gasteiger partial charge in [-0.1, -0.05) is 12.1 Å². The van der Waals surface area contributed by atoms with Crippen LogP contribution < -0.4 is 15.5 Å². The van der Waals surface area contributed by atoms with E-state index in [0.29, 0.717) is 5.95 Å². The molecule has 2 N–H and O–H groups in total. The van der Waals surface area contributed by atoms with Crippen LogP contribution in [0.25, 0.3) is 0 Å². The summed E-state index contributed by atoms with van der Waals surface area (Å²) in [7, 11) is 0. The molecule has 2 aromatic rings. The van der Waals surface area contributed by atoms with Gasteiger partial charge in [0.05, 0.1) is 0 Å². The Morgan fingerprint density at radius 1 is 1.05 bits per heavy atom. The average molecular weight is 269 g/mol. The summed E-state index contributed by atoms with van der Waals surface area (Å²) in [6, 6.07) is 10.6. The summed E-state index contributed by atoms with van der Waals surface area (Å²) in [5.74, 6) is 1.25. The Hall–Kier alpha value is -2.30. The minimum absolute atomic E-state index is 0.337. The summed E-state index contributed by atoms with van der Waals surface area (Å²) < 4.78 is 0. The number of nitrogens with zero attached hydrogens (tertiary/aromatic N) is 4. The molecule has 0 saturated carbocycles. The van der Waals surface area contributed by atoms with Crippen LogP contribution in [0.4, 0.5) is 17.5 Å². The van der Waals surface area contributed by atoms with E-state index < -0.39 is 0 Å². The SMILES string of the molecule is Cc1cccc(N2CCN(c3ccnc(N)n3)CC2)c1. The topological polar surface area (TPSA) is 58.3 Å². The second-order valence-electron chi connectivity index (χ2n) is 5.09. The summed E-state index contributed by atoms with van der Waals surface area (Å²) in [5.41, 5.74) is 8.24. The molecule has 5 heteroatoms. The van der Waals surface area contributed by atoms with E-state index in [9.17, 15) is 0 Å². The molecule has 0 unspecified atom stereocenters. The number of benzene rings is 1. The molecule has 5 nitrogen and oxygen atoms in total. The maximum absolute atomic E-state index is 5.64. The molecule has 0 aliphatic carbocycles. The Balaban J connectivity index is 1.68. The van der Waals surface area contributed by atoms with E-state index in [4.69, 9.17) is 5.73 Å². The summed E-state index contributed by atoms with van der Waals surface area (Å²) in [6.45, 7) is 6.01. The van der Waals surface area contributed by atoms with Crippen molar-refractivity contribution < 1.29 is 0 Å². The van der Waals surface area contributed by atoms with Crippen LogP contribution in [0.5, 0.6) is 0 Å². The maximum atomic E-state index is 5.64. The van der Waals surface area contributed by atoms with E-state index in [-0.39, 0.29) is 0 Å². The van der Waals surface area contributed by atoms with Crippen LogP contribution in [-0.4, -0.2) is 36.1 Å². The fourth-order valence-electron chi connectivity index (χ4n) is 2.56. The smallest absolute Gasteiger partial charge is 0.221 e. The standard InChI is InChI=1S/C15H19N5/c1-12-3-2-4-13(11-12)19-7-9-20(10-8-19)14-5-6-17-15(16)18-14/h2-6,11H,7-10H2,1H3,(H2,16,17,18). The van der Waals surface area contributed by atoms with Crippen molar-refractivity contribution in [2.45, 2.75) is 6.92 Å². The van der Waals surface area contributed by atoms with E-state index in [0.717, 1.165) is 32.0 Å². The summed E-state index contributed by atoms with van der Waals surface area (Å²) >= 11 is 0. The van der Waals surface area contributed by atoms with Gasteiger partial charge in [0.1, 0.15) is 5.82 Å². The van der Waals surface area contributed by atoms with Crippen molar-refractivity contribution in [1.82, 2.24) is 9.97 Å². The second kappa shape index (κ2) is 5.36. The van der Waals surface area contributed by atoms with Crippen LogP contribution in [0.2, 0.25) is 0 Å². The van der Waals surface area contributed by atoms with Crippen molar-refractivity contribution in [2.75, 3.05) is 41.7 Å². The fraction of sp³-hybridized carbons (Fsp3) is 0.333. The molecule has 0 spiro atoms. The van der Waals surface area contributed by atoms with Crippen LogP contribution in [0.1, 0.15) is 5.56 Å². The minimum atomic E-state index is 0.337. The molecule has 2 heterocycles. The lowest BCUT2D eigenvalue weighted by Crippen LogP contribution is -2.46. The predicted octanol–water partition coefficient (Wildman–Crippen LogP) is 1.69. The molecule has 1 aromatic heterocycles. The number of hydrogen-bond acceptors (Lipinski definition) is 5. The molecule has 104 valence electrons. The van der Waals surface area contributed by atoms with Crippen LogP contribution in [-0.2, 0) is 0 Å². The van der Waals surface area contributed by atoms with Gasteiger partial charge in [0.25, 0.3) is 0 Å². The Morgan fingerprint density at radius 2 is 1.80 bits per heavy atom. The average Bonchev–Trinajstić information content (AvgIpc) is 2.47. The highest BCUT2D eigenvalue weighted by molar-refractivity contribution is 5.51. The molecule has 20 heavy (non-hydrogen) atoms. The third-order valence-corrected chi connectivity index (χ3v) is 3.63. The lowest BCUT2D eigenvalue weighted by atomic mass is 10.2. The van der Waals surface area contributed by atoms with Crippen molar-refractivity contribution in [3.8, 4) is 0 Å². The van der Waals surface area contributed by atoms with Crippen molar-refractivity contribution in [2.24, 2.45) is 0 Å². The molecule has 0 amide bonds. The summed E-state index contributed by atoms with van der Waals surface area (Å²) in [4.78, 5) is 12.9. The third-order valence-electron chi connectivity index (χ3n) is 3.63. The number of piperazine rings is 1. The highest BCUT2D eigenvalue weighted by Crippen LogP contribution is 2.20. The monoisotopic (exact) mass is 269 g/mol. The first-order chi connectivity index (χ1) is 9.72. The largest absolute Gasteiger partial charge is 0.368 e. The van der Waals surface area contributed by atoms with Crippen LogP contribution >= 0.6 is 0 Å². The van der Waals surface area contributed by atoms with Gasteiger partial charge >= 0.3 is 0 Å². The Kier molecular flexibility index (Phi) is 3.41. The highest BCUT2D eigenvalue weighted by Gasteiger charge is 2.18. The molecular weight excluding hydrogens is 250 g/mol. The van der Waals surface area contributed by atoms with Gasteiger partial charge in [-0.2, -0.15) is 4.98 Å². The van der Waals surface area contributed by atoms with Crippen LogP contribution in [0, 0.1) is 6.92 Å². The van der Waals surface area contributed by atoms with E-state index >= 15 is 0 Å². The zero-order valence-corrected chi connectivity index (χ0v) is 11.7. The Labute approximate surface area is 119 Å². The van der Waals surface area contributed by atoms with Crippen LogP contribution in [0.3, 0.4) is 0 Å². The van der Waals surface area contributed by atoms with Gasteiger partial charge in [0.2, 0.25) is 5.95 Å². The number of anilines is 3. The van der Waals surface area contributed by atoms with Gasteiger partial charge in [-0.15, -0.1) is 0 Å². The van der Waals surface area contributed by atoms with Crippen molar-refractivity contribution >= 4 is 17.5 Å². The molecule has 1 fully saturated rings. The van der Waals surface area contributed by atoms with Crippen molar-refractivity contribution in [3.05, 3.63) is 42.1 Å². The van der Waals surface area contributed by atoms with Crippen molar-refractivity contribution in [1.29, 1.82) is 0 Å². The van der Waals surface area contributed by atoms with Gasteiger partial charge in [-0.05, 0) is 30.7 Å². The van der Waals surface area contributed by atoms with E-state index in [1.165, 1.54) is 11.3 Å². The highest BCUT2D eigenvalue weighted by atomic mass is 15.3. The molecule has 1 aromatic carbocycles. The molecule has 0 bridgehead atoms. The Morgan fingerprint density at radius 3 is 2.50 bits per heavy atom. The van der Waals surface area contributed by atoms with Gasteiger partial charge in [-0.25, -0.2) is 4.98 Å². The van der Waals surface area contributed by atoms with Gasteiger partial charge in [0, 0.05) is 38.1 Å². The van der Waals surface area contributed by atoms with Crippen LogP contribution in [0.15, 0.2) is 36.5 Å². The van der Waals surface area contributed by atoms with Gasteiger partial charge in [-0.3, -0.25) is 0 Å². The number of nitrogen functional groups attached to an aromatic ring is 1.